The van der Waals surface area contributed by atoms with Gasteiger partial charge >= 0.3 is 0 Å². The Hall–Kier alpha value is -3.60. The van der Waals surface area contributed by atoms with E-state index in [0.29, 0.717) is 16.4 Å². The minimum Gasteiger partial charge on any atom is -0.301 e. The van der Waals surface area contributed by atoms with Gasteiger partial charge in [-0.1, -0.05) is 23.4 Å². The molecule has 1 heterocycles. The van der Waals surface area contributed by atoms with Crippen molar-refractivity contribution in [3.63, 3.8) is 0 Å². The standard InChI is InChI=1S/C23H15ClN4O4S2/c24-14-1-5-16(6-2-14)27-22(30)20(21(29)26-23(27)33)13-25-15-3-9-18(10-4-15)34-19-11-7-17(8-12-19)28(31)32/h1-13,20H,(H,26,29,33)/t20-/m0/s1. The molecule has 0 saturated carbocycles. The predicted octanol–water partition coefficient (Wildman–Crippen LogP) is 5.17. The number of nitrogens with zero attached hydrogens (tertiary/aromatic N) is 3. The van der Waals surface area contributed by atoms with E-state index in [2.05, 4.69) is 10.3 Å². The summed E-state index contributed by atoms with van der Waals surface area (Å²) in [5.74, 6) is -2.20. The lowest BCUT2D eigenvalue weighted by molar-refractivity contribution is -0.384. The van der Waals surface area contributed by atoms with Crippen LogP contribution in [0.3, 0.4) is 0 Å². The van der Waals surface area contributed by atoms with Crippen LogP contribution >= 0.6 is 35.6 Å². The highest BCUT2D eigenvalue weighted by molar-refractivity contribution is 7.99. The van der Waals surface area contributed by atoms with Crippen molar-refractivity contribution >= 4 is 75.8 Å². The Morgan fingerprint density at radius 2 is 1.59 bits per heavy atom. The van der Waals surface area contributed by atoms with Gasteiger partial charge in [-0.3, -0.25) is 29.6 Å². The molecule has 0 aromatic heterocycles. The van der Waals surface area contributed by atoms with Gasteiger partial charge in [0, 0.05) is 33.2 Å². The molecule has 0 unspecified atom stereocenters. The van der Waals surface area contributed by atoms with E-state index in [9.17, 15) is 19.7 Å². The summed E-state index contributed by atoms with van der Waals surface area (Å²) >= 11 is 12.5. The first kappa shape index (κ1) is 23.6. The molecule has 1 N–H and O–H groups in total. The van der Waals surface area contributed by atoms with E-state index in [4.69, 9.17) is 23.8 Å². The number of hydrogen-bond donors (Lipinski definition) is 1. The molecule has 34 heavy (non-hydrogen) atoms. The van der Waals surface area contributed by atoms with Gasteiger partial charge < -0.3 is 5.32 Å². The first-order chi connectivity index (χ1) is 16.3. The number of carbonyl (C=O) groups is 2. The molecular formula is C23H15ClN4O4S2. The molecule has 11 heteroatoms. The second-order valence-corrected chi connectivity index (χ2v) is 9.02. The Morgan fingerprint density at radius 3 is 2.18 bits per heavy atom. The molecule has 3 aromatic rings. The Labute approximate surface area is 208 Å². The summed E-state index contributed by atoms with van der Waals surface area (Å²) in [7, 11) is 0. The SMILES string of the molecule is O=C1NC(=S)N(c2ccc(Cl)cc2)C(=O)[C@H]1C=Nc1ccc(Sc2ccc([N+](=O)[O-])cc2)cc1. The van der Waals surface area contributed by atoms with Crippen molar-refractivity contribution in [2.75, 3.05) is 4.90 Å². The fourth-order valence-electron chi connectivity index (χ4n) is 3.09. The molecule has 170 valence electrons. The number of nitro benzene ring substituents is 1. The van der Waals surface area contributed by atoms with Crippen molar-refractivity contribution in [1.82, 2.24) is 5.32 Å². The number of nitrogens with one attached hydrogen (secondary N) is 1. The first-order valence-corrected chi connectivity index (χ1v) is 11.4. The minimum absolute atomic E-state index is 0.00501. The van der Waals surface area contributed by atoms with Crippen LogP contribution in [0.1, 0.15) is 0 Å². The van der Waals surface area contributed by atoms with Gasteiger partial charge in [0.1, 0.15) is 0 Å². The number of nitro groups is 1. The molecule has 0 radical (unpaired) electrons. The zero-order chi connectivity index (χ0) is 24.2. The van der Waals surface area contributed by atoms with Crippen molar-refractivity contribution in [2.24, 2.45) is 10.9 Å². The first-order valence-electron chi connectivity index (χ1n) is 9.83. The van der Waals surface area contributed by atoms with Gasteiger partial charge in [0.15, 0.2) is 11.0 Å². The normalized spacial score (nSPS) is 16.1. The summed E-state index contributed by atoms with van der Waals surface area (Å²) in [5, 5.41) is 13.8. The fourth-order valence-corrected chi connectivity index (χ4v) is 4.33. The maximum absolute atomic E-state index is 13.0. The second-order valence-electron chi connectivity index (χ2n) is 7.05. The van der Waals surface area contributed by atoms with Crippen molar-refractivity contribution in [3.8, 4) is 0 Å². The van der Waals surface area contributed by atoms with Crippen molar-refractivity contribution in [3.05, 3.63) is 87.9 Å². The lowest BCUT2D eigenvalue weighted by atomic mass is 10.1. The quantitative estimate of drug-likeness (QED) is 0.161. The third-order valence-electron chi connectivity index (χ3n) is 4.78. The number of anilines is 1. The number of amides is 2. The summed E-state index contributed by atoms with van der Waals surface area (Å²) in [4.78, 5) is 43.0. The van der Waals surface area contributed by atoms with E-state index in [1.165, 1.54) is 35.0 Å². The molecule has 4 rings (SSSR count). The van der Waals surface area contributed by atoms with Crippen LogP contribution in [0.5, 0.6) is 0 Å². The smallest absolute Gasteiger partial charge is 0.269 e. The second kappa shape index (κ2) is 10.1. The minimum atomic E-state index is -1.14. The van der Waals surface area contributed by atoms with Crippen molar-refractivity contribution in [1.29, 1.82) is 0 Å². The molecule has 1 saturated heterocycles. The van der Waals surface area contributed by atoms with E-state index < -0.39 is 22.7 Å². The zero-order valence-corrected chi connectivity index (χ0v) is 19.6. The molecule has 1 atom stereocenters. The number of hydrogen-bond acceptors (Lipinski definition) is 7. The van der Waals surface area contributed by atoms with Crippen LogP contribution in [0.25, 0.3) is 0 Å². The van der Waals surface area contributed by atoms with E-state index in [0.717, 1.165) is 9.79 Å². The van der Waals surface area contributed by atoms with Crippen LogP contribution in [0.4, 0.5) is 17.1 Å². The van der Waals surface area contributed by atoms with Crippen molar-refractivity contribution < 1.29 is 14.5 Å². The summed E-state index contributed by atoms with van der Waals surface area (Å²) in [6.45, 7) is 0. The zero-order valence-electron chi connectivity index (χ0n) is 17.3. The molecule has 0 spiro atoms. The third-order valence-corrected chi connectivity index (χ3v) is 6.33. The highest BCUT2D eigenvalue weighted by atomic mass is 35.5. The highest BCUT2D eigenvalue weighted by Crippen LogP contribution is 2.30. The summed E-state index contributed by atoms with van der Waals surface area (Å²) in [6.07, 6.45) is 1.29. The highest BCUT2D eigenvalue weighted by Gasteiger charge is 2.38. The summed E-state index contributed by atoms with van der Waals surface area (Å²) in [6, 6.07) is 19.9. The van der Waals surface area contributed by atoms with Crippen LogP contribution in [0, 0.1) is 16.0 Å². The Balaban J connectivity index is 1.46. The Kier molecular flexibility index (Phi) is 7.01. The fraction of sp³-hybridized carbons (Fsp3) is 0.0435. The van der Waals surface area contributed by atoms with Crippen molar-refractivity contribution in [2.45, 2.75) is 9.79 Å². The van der Waals surface area contributed by atoms with E-state index in [1.54, 1.807) is 48.5 Å². The lowest BCUT2D eigenvalue weighted by Crippen LogP contribution is -2.58. The number of carbonyl (C=O) groups excluding carboxylic acids is 2. The molecule has 3 aromatic carbocycles. The van der Waals surface area contributed by atoms with Gasteiger partial charge in [-0.25, -0.2) is 0 Å². The van der Waals surface area contributed by atoms with Crippen LogP contribution in [-0.4, -0.2) is 28.1 Å². The lowest BCUT2D eigenvalue weighted by Gasteiger charge is -2.30. The topological polar surface area (TPSA) is 105 Å². The Bertz CT molecular complexity index is 1300. The molecular weight excluding hydrogens is 496 g/mol. The van der Waals surface area contributed by atoms with Gasteiger partial charge in [-0.05, 0) is 72.9 Å². The monoisotopic (exact) mass is 510 g/mol. The molecule has 1 aliphatic rings. The molecule has 1 fully saturated rings. The van der Waals surface area contributed by atoms with Gasteiger partial charge in [-0.2, -0.15) is 0 Å². The maximum atomic E-state index is 13.0. The number of non-ortho nitro benzene ring substituents is 1. The molecule has 0 aliphatic carbocycles. The maximum Gasteiger partial charge on any atom is 0.269 e. The summed E-state index contributed by atoms with van der Waals surface area (Å²) < 4.78 is 0. The molecule has 2 amide bonds. The molecule has 8 nitrogen and oxygen atoms in total. The van der Waals surface area contributed by atoms with Crippen LogP contribution in [-0.2, 0) is 9.59 Å². The van der Waals surface area contributed by atoms with Gasteiger partial charge in [0.25, 0.3) is 11.6 Å². The number of aliphatic imine (C=N–C) groups is 1. The summed E-state index contributed by atoms with van der Waals surface area (Å²) in [5.41, 5.74) is 1.08. The third kappa shape index (κ3) is 5.30. The average Bonchev–Trinajstić information content (AvgIpc) is 2.81. The van der Waals surface area contributed by atoms with Gasteiger partial charge in [0.05, 0.1) is 16.3 Å². The number of halogens is 1. The Morgan fingerprint density at radius 1 is 1.00 bits per heavy atom. The predicted molar refractivity (Wildman–Crippen MR) is 135 cm³/mol. The molecule has 1 aliphatic heterocycles. The van der Waals surface area contributed by atoms with Crippen LogP contribution in [0.2, 0.25) is 5.02 Å². The van der Waals surface area contributed by atoms with Crippen LogP contribution < -0.4 is 10.2 Å². The number of thiocarbonyl (C=S) groups is 1. The van der Waals surface area contributed by atoms with Gasteiger partial charge in [0.2, 0.25) is 5.91 Å². The average molecular weight is 511 g/mol. The van der Waals surface area contributed by atoms with E-state index in [1.807, 2.05) is 12.1 Å². The number of benzene rings is 3. The van der Waals surface area contributed by atoms with E-state index >= 15 is 0 Å². The number of rotatable bonds is 6. The van der Waals surface area contributed by atoms with E-state index in [-0.39, 0.29) is 10.8 Å². The molecule has 0 bridgehead atoms. The van der Waals surface area contributed by atoms with Crippen LogP contribution in [0.15, 0.2) is 87.6 Å². The largest absolute Gasteiger partial charge is 0.301 e. The van der Waals surface area contributed by atoms with Gasteiger partial charge in [-0.15, -0.1) is 0 Å².